The highest BCUT2D eigenvalue weighted by Gasteiger charge is 2.14. The van der Waals surface area contributed by atoms with E-state index in [0.717, 1.165) is 6.07 Å². The normalized spacial score (nSPS) is 10.4. The third kappa shape index (κ3) is 4.72. The van der Waals surface area contributed by atoms with Gasteiger partial charge in [-0.05, 0) is 56.7 Å². The highest BCUT2D eigenvalue weighted by atomic mass is 19.1. The number of carbonyl (C=O) groups excluding carboxylic acids is 2. The summed E-state index contributed by atoms with van der Waals surface area (Å²) in [6.45, 7) is 5.35. The predicted octanol–water partition coefficient (Wildman–Crippen LogP) is 3.00. The second kappa shape index (κ2) is 8.33. The average Bonchev–Trinajstić information content (AvgIpc) is 2.61. The third-order valence-electron chi connectivity index (χ3n) is 3.51. The zero-order valence-electron chi connectivity index (χ0n) is 15.1. The Labute approximate surface area is 151 Å². The number of hydrogen-bond acceptors (Lipinski definition) is 4. The largest absolute Gasteiger partial charge is 0.493 e. The van der Waals surface area contributed by atoms with Gasteiger partial charge in [-0.15, -0.1) is 0 Å². The number of nitrogens with one attached hydrogen (secondary N) is 2. The molecule has 0 radical (unpaired) electrons. The van der Waals surface area contributed by atoms with Crippen LogP contribution >= 0.6 is 0 Å². The van der Waals surface area contributed by atoms with E-state index in [1.165, 1.54) is 25.3 Å². The Kier molecular flexibility index (Phi) is 6.16. The number of halogens is 1. The van der Waals surface area contributed by atoms with Crippen molar-refractivity contribution in [3.8, 4) is 11.5 Å². The lowest BCUT2D eigenvalue weighted by Gasteiger charge is -2.14. The lowest BCUT2D eigenvalue weighted by molar-refractivity contribution is 0.0846. The van der Waals surface area contributed by atoms with Gasteiger partial charge in [-0.3, -0.25) is 20.4 Å². The number of ether oxygens (including phenoxy) is 2. The zero-order chi connectivity index (χ0) is 19.3. The number of benzene rings is 2. The summed E-state index contributed by atoms with van der Waals surface area (Å²) in [7, 11) is 1.47. The first-order valence-electron chi connectivity index (χ1n) is 8.03. The van der Waals surface area contributed by atoms with Crippen LogP contribution in [0.3, 0.4) is 0 Å². The summed E-state index contributed by atoms with van der Waals surface area (Å²) >= 11 is 0. The van der Waals surface area contributed by atoms with E-state index in [9.17, 15) is 14.0 Å². The van der Waals surface area contributed by atoms with Crippen molar-refractivity contribution in [3.05, 3.63) is 58.9 Å². The molecule has 2 amide bonds. The van der Waals surface area contributed by atoms with Crippen LogP contribution in [0.4, 0.5) is 4.39 Å². The molecule has 0 heterocycles. The molecule has 0 fully saturated rings. The average molecular weight is 360 g/mol. The summed E-state index contributed by atoms with van der Waals surface area (Å²) in [6, 6.07) is 8.74. The van der Waals surface area contributed by atoms with Crippen molar-refractivity contribution in [3.63, 3.8) is 0 Å². The molecule has 2 N–H and O–H groups in total. The van der Waals surface area contributed by atoms with Crippen molar-refractivity contribution in [2.45, 2.75) is 26.9 Å². The molecule has 0 saturated heterocycles. The summed E-state index contributed by atoms with van der Waals surface area (Å²) in [6.07, 6.45) is -0.0437. The Morgan fingerprint density at radius 2 is 1.54 bits per heavy atom. The van der Waals surface area contributed by atoms with Gasteiger partial charge in [0.2, 0.25) is 0 Å². The Morgan fingerprint density at radius 3 is 2.08 bits per heavy atom. The van der Waals surface area contributed by atoms with Gasteiger partial charge in [0.25, 0.3) is 11.8 Å². The maximum absolute atomic E-state index is 13.5. The molecule has 7 heteroatoms. The SMILES string of the molecule is COc1cc(C(=O)NNC(=O)c2ccc(C)c(F)c2)ccc1OC(C)C. The monoisotopic (exact) mass is 360 g/mol. The number of methoxy groups -OCH3 is 1. The first-order chi connectivity index (χ1) is 12.3. The molecular formula is C19H21FN2O4. The topological polar surface area (TPSA) is 76.7 Å². The number of aryl methyl sites for hydroxylation is 1. The molecule has 2 aromatic carbocycles. The van der Waals surface area contributed by atoms with E-state index in [-0.39, 0.29) is 17.2 Å². The van der Waals surface area contributed by atoms with E-state index in [4.69, 9.17) is 9.47 Å². The van der Waals surface area contributed by atoms with Crippen LogP contribution in [0.2, 0.25) is 0 Å². The molecule has 6 nitrogen and oxygen atoms in total. The van der Waals surface area contributed by atoms with Gasteiger partial charge in [0.05, 0.1) is 13.2 Å². The van der Waals surface area contributed by atoms with Crippen LogP contribution in [0.15, 0.2) is 36.4 Å². The Morgan fingerprint density at radius 1 is 0.962 bits per heavy atom. The second-order valence-electron chi connectivity index (χ2n) is 5.90. The van der Waals surface area contributed by atoms with Gasteiger partial charge in [0.15, 0.2) is 11.5 Å². The van der Waals surface area contributed by atoms with Gasteiger partial charge in [-0.1, -0.05) is 6.07 Å². The molecular weight excluding hydrogens is 339 g/mol. The molecule has 0 aliphatic carbocycles. The van der Waals surface area contributed by atoms with Crippen LogP contribution < -0.4 is 20.3 Å². The molecule has 0 unspecified atom stereocenters. The Balaban J connectivity index is 2.05. The Bertz CT molecular complexity index is 821. The highest BCUT2D eigenvalue weighted by Crippen LogP contribution is 2.28. The van der Waals surface area contributed by atoms with Crippen molar-refractivity contribution >= 4 is 11.8 Å². The molecule has 0 saturated carbocycles. The highest BCUT2D eigenvalue weighted by molar-refractivity contribution is 5.99. The van der Waals surface area contributed by atoms with Crippen LogP contribution in [0, 0.1) is 12.7 Å². The van der Waals surface area contributed by atoms with Gasteiger partial charge < -0.3 is 9.47 Å². The minimum atomic E-state index is -0.621. The fourth-order valence-corrected chi connectivity index (χ4v) is 2.15. The van der Waals surface area contributed by atoms with E-state index >= 15 is 0 Å². The summed E-state index contributed by atoms with van der Waals surface area (Å²) in [5.74, 6) is -0.741. The number of hydrazine groups is 1. The summed E-state index contributed by atoms with van der Waals surface area (Å²) in [5.41, 5.74) is 5.34. The molecule has 2 rings (SSSR count). The second-order valence-corrected chi connectivity index (χ2v) is 5.90. The van der Waals surface area contributed by atoms with Crippen LogP contribution in [-0.2, 0) is 0 Å². The summed E-state index contributed by atoms with van der Waals surface area (Å²) < 4.78 is 24.3. The molecule has 0 aromatic heterocycles. The molecule has 0 atom stereocenters. The molecule has 0 aliphatic heterocycles. The lowest BCUT2D eigenvalue weighted by Crippen LogP contribution is -2.41. The van der Waals surface area contributed by atoms with Gasteiger partial charge in [-0.2, -0.15) is 0 Å². The summed E-state index contributed by atoms with van der Waals surface area (Å²) in [4.78, 5) is 24.2. The molecule has 26 heavy (non-hydrogen) atoms. The quantitative estimate of drug-likeness (QED) is 0.804. The fraction of sp³-hybridized carbons (Fsp3) is 0.263. The van der Waals surface area contributed by atoms with Gasteiger partial charge in [0, 0.05) is 11.1 Å². The maximum Gasteiger partial charge on any atom is 0.269 e. The minimum absolute atomic E-state index is 0.0437. The number of carbonyl (C=O) groups is 2. The smallest absolute Gasteiger partial charge is 0.269 e. The van der Waals surface area contributed by atoms with Crippen molar-refractivity contribution in [1.29, 1.82) is 0 Å². The zero-order valence-corrected chi connectivity index (χ0v) is 15.1. The standard InChI is InChI=1S/C19H21FN2O4/c1-11(2)26-16-8-7-14(10-17(16)25-4)19(24)22-21-18(23)13-6-5-12(3)15(20)9-13/h5-11H,1-4H3,(H,21,23)(H,22,24). The van der Waals surface area contributed by atoms with E-state index in [1.54, 1.807) is 19.1 Å². The van der Waals surface area contributed by atoms with Gasteiger partial charge in [0.1, 0.15) is 5.82 Å². The Hall–Kier alpha value is -3.09. The van der Waals surface area contributed by atoms with Gasteiger partial charge in [-0.25, -0.2) is 4.39 Å². The predicted molar refractivity (Wildman–Crippen MR) is 94.8 cm³/mol. The van der Waals surface area contributed by atoms with Crippen LogP contribution in [-0.4, -0.2) is 25.0 Å². The molecule has 2 aromatic rings. The first kappa shape index (κ1) is 19.2. The third-order valence-corrected chi connectivity index (χ3v) is 3.51. The number of amides is 2. The maximum atomic E-state index is 13.5. The van der Waals surface area contributed by atoms with Crippen LogP contribution in [0.25, 0.3) is 0 Å². The van der Waals surface area contributed by atoms with E-state index in [2.05, 4.69) is 10.9 Å². The van der Waals surface area contributed by atoms with Crippen molar-refractivity contribution in [2.75, 3.05) is 7.11 Å². The molecule has 138 valence electrons. The van der Waals surface area contributed by atoms with Crippen molar-refractivity contribution in [2.24, 2.45) is 0 Å². The molecule has 0 spiro atoms. The fourth-order valence-electron chi connectivity index (χ4n) is 2.15. The minimum Gasteiger partial charge on any atom is -0.493 e. The van der Waals surface area contributed by atoms with Crippen molar-refractivity contribution in [1.82, 2.24) is 10.9 Å². The summed E-state index contributed by atoms with van der Waals surface area (Å²) in [5, 5.41) is 0. The number of hydrogen-bond donors (Lipinski definition) is 2. The first-order valence-corrected chi connectivity index (χ1v) is 8.03. The van der Waals surface area contributed by atoms with E-state index in [0.29, 0.717) is 17.1 Å². The molecule has 0 bridgehead atoms. The van der Waals surface area contributed by atoms with Crippen LogP contribution in [0.5, 0.6) is 11.5 Å². The van der Waals surface area contributed by atoms with E-state index in [1.807, 2.05) is 13.8 Å². The number of rotatable bonds is 5. The molecule has 0 aliphatic rings. The van der Waals surface area contributed by atoms with Gasteiger partial charge >= 0.3 is 0 Å². The lowest BCUT2D eigenvalue weighted by atomic mass is 10.1. The van der Waals surface area contributed by atoms with Crippen molar-refractivity contribution < 1.29 is 23.5 Å². The van der Waals surface area contributed by atoms with E-state index < -0.39 is 17.6 Å². The van der Waals surface area contributed by atoms with Crippen LogP contribution in [0.1, 0.15) is 40.1 Å².